The van der Waals surface area contributed by atoms with Gasteiger partial charge in [0.25, 0.3) is 5.89 Å². The quantitative estimate of drug-likeness (QED) is 0.600. The Morgan fingerprint density at radius 3 is 2.91 bits per heavy atom. The van der Waals surface area contributed by atoms with E-state index in [1.807, 2.05) is 0 Å². The number of aromatic nitrogens is 4. The number of fused-ring (bicyclic) bond motifs is 2. The minimum absolute atomic E-state index is 0.367. The molecule has 0 radical (unpaired) electrons. The smallest absolute Gasteiger partial charge is 0.285 e. The number of piperidine rings is 1. The van der Waals surface area contributed by atoms with E-state index in [1.165, 1.54) is 16.7 Å². The van der Waals surface area contributed by atoms with E-state index in [0.717, 1.165) is 63.4 Å². The van der Waals surface area contributed by atoms with Gasteiger partial charge in [0.2, 0.25) is 11.7 Å². The zero-order chi connectivity index (χ0) is 22.4. The van der Waals surface area contributed by atoms with E-state index in [9.17, 15) is 5.26 Å². The summed E-state index contributed by atoms with van der Waals surface area (Å²) in [5, 5.41) is 17.4. The van der Waals surface area contributed by atoms with E-state index < -0.39 is 0 Å². The van der Waals surface area contributed by atoms with Gasteiger partial charge in [-0.05, 0) is 42.7 Å². The van der Waals surface area contributed by atoms with Crippen molar-refractivity contribution in [3.63, 3.8) is 0 Å². The highest BCUT2D eigenvalue weighted by atomic mass is 16.4. The third-order valence-electron chi connectivity index (χ3n) is 7.24. The molecule has 1 unspecified atom stereocenters. The van der Waals surface area contributed by atoms with Gasteiger partial charge in [-0.3, -0.25) is 4.90 Å². The monoisotopic (exact) mass is 441 g/mol. The Bertz CT molecular complexity index is 1230. The van der Waals surface area contributed by atoms with Crippen molar-refractivity contribution < 1.29 is 4.42 Å². The molecule has 3 aliphatic rings. The molecule has 6 rings (SSSR count). The molecular weight excluding hydrogens is 414 g/mol. The molecule has 0 N–H and O–H groups in total. The highest BCUT2D eigenvalue weighted by molar-refractivity contribution is 5.56. The Kier molecular flexibility index (Phi) is 5.07. The second-order valence-electron chi connectivity index (χ2n) is 9.40. The number of rotatable bonds is 4. The molecule has 1 saturated heterocycles. The van der Waals surface area contributed by atoms with E-state index in [0.29, 0.717) is 36.0 Å². The molecule has 4 heterocycles. The van der Waals surface area contributed by atoms with Crippen molar-refractivity contribution in [2.45, 2.75) is 58.2 Å². The van der Waals surface area contributed by atoms with Gasteiger partial charge in [-0.25, -0.2) is 9.97 Å². The molecule has 1 aromatic carbocycles. The molecule has 1 fully saturated rings. The molecule has 8 heteroatoms. The molecule has 0 spiro atoms. The summed E-state index contributed by atoms with van der Waals surface area (Å²) in [5.74, 6) is 2.73. The minimum atomic E-state index is 0.367. The molecule has 2 aliphatic heterocycles. The average Bonchev–Trinajstić information content (AvgIpc) is 3.56. The number of anilines is 1. The fourth-order valence-corrected chi connectivity index (χ4v) is 5.69. The molecule has 0 amide bonds. The van der Waals surface area contributed by atoms with Crippen LogP contribution in [0.2, 0.25) is 0 Å². The van der Waals surface area contributed by atoms with Crippen LogP contribution in [0.1, 0.15) is 60.0 Å². The second-order valence-corrected chi connectivity index (χ2v) is 9.40. The number of nitriles is 1. The fourth-order valence-electron chi connectivity index (χ4n) is 5.69. The normalized spacial score (nSPS) is 22.2. The van der Waals surface area contributed by atoms with E-state index in [-0.39, 0.29) is 0 Å². The highest BCUT2D eigenvalue weighted by Crippen LogP contribution is 2.42. The largest absolute Gasteiger partial charge is 0.418 e. The minimum Gasteiger partial charge on any atom is -0.418 e. The molecule has 168 valence electrons. The predicted molar refractivity (Wildman–Crippen MR) is 122 cm³/mol. The zero-order valence-corrected chi connectivity index (χ0v) is 18.9. The molecule has 3 aromatic rings. The van der Waals surface area contributed by atoms with Gasteiger partial charge in [0.05, 0.1) is 11.8 Å². The van der Waals surface area contributed by atoms with Crippen molar-refractivity contribution in [1.29, 1.82) is 5.26 Å². The summed E-state index contributed by atoms with van der Waals surface area (Å²) in [5.41, 5.74) is 5.16. The first-order valence-corrected chi connectivity index (χ1v) is 11.8. The van der Waals surface area contributed by atoms with Crippen molar-refractivity contribution in [2.24, 2.45) is 5.92 Å². The van der Waals surface area contributed by atoms with Crippen LogP contribution in [0, 0.1) is 24.2 Å². The van der Waals surface area contributed by atoms with Gasteiger partial charge in [-0.15, -0.1) is 10.2 Å². The van der Waals surface area contributed by atoms with Gasteiger partial charge < -0.3 is 9.32 Å². The fraction of sp³-hybridized carbons (Fsp3) is 0.480. The Hall–Kier alpha value is -3.31. The van der Waals surface area contributed by atoms with E-state index >= 15 is 0 Å². The number of benzene rings is 1. The first-order valence-electron chi connectivity index (χ1n) is 11.8. The molecule has 1 aliphatic carbocycles. The lowest BCUT2D eigenvalue weighted by Gasteiger charge is -2.34. The standard InChI is InChI=1S/C25H27N7O/c1-16-29-30-25(33-16)23-27-21-15-32(22-9-8-18-6-2-3-7-19(18)22)14-20(21)24(28-23)31-12-4-5-17(13-31)10-11-26/h2-3,6-7,17,22H,4-5,8-10,12-15H2,1H3/t17-,22?/m0/s1. The molecule has 33 heavy (non-hydrogen) atoms. The van der Waals surface area contributed by atoms with Crippen molar-refractivity contribution in [2.75, 3.05) is 18.0 Å². The summed E-state index contributed by atoms with van der Waals surface area (Å²) >= 11 is 0. The van der Waals surface area contributed by atoms with E-state index in [2.05, 4.69) is 50.3 Å². The Balaban J connectivity index is 1.37. The van der Waals surface area contributed by atoms with Gasteiger partial charge in [-0.1, -0.05) is 24.3 Å². The lowest BCUT2D eigenvalue weighted by Crippen LogP contribution is -2.36. The SMILES string of the molecule is Cc1nnc(-c2nc3c(c(N4CCC[C@@H](CC#N)C4)n2)CN(C2CCc4ccccc42)C3)o1. The van der Waals surface area contributed by atoms with Crippen LogP contribution in [-0.2, 0) is 19.5 Å². The van der Waals surface area contributed by atoms with E-state index in [1.54, 1.807) is 6.92 Å². The van der Waals surface area contributed by atoms with Crippen LogP contribution in [-0.4, -0.2) is 38.2 Å². The number of hydrogen-bond donors (Lipinski definition) is 0. The maximum atomic E-state index is 9.23. The third kappa shape index (κ3) is 3.66. The predicted octanol–water partition coefficient (Wildman–Crippen LogP) is 3.97. The average molecular weight is 442 g/mol. The molecule has 2 aromatic heterocycles. The second kappa shape index (κ2) is 8.23. The van der Waals surface area contributed by atoms with Crippen LogP contribution >= 0.6 is 0 Å². The van der Waals surface area contributed by atoms with Crippen LogP contribution in [0.3, 0.4) is 0 Å². The summed E-state index contributed by atoms with van der Waals surface area (Å²) in [6.07, 6.45) is 5.02. The summed E-state index contributed by atoms with van der Waals surface area (Å²) in [6, 6.07) is 11.6. The number of hydrogen-bond acceptors (Lipinski definition) is 8. The first-order chi connectivity index (χ1) is 16.2. The lowest BCUT2D eigenvalue weighted by molar-refractivity contribution is 0.199. The molecule has 2 atom stereocenters. The van der Waals surface area contributed by atoms with Crippen LogP contribution in [0.15, 0.2) is 28.7 Å². The molecule has 0 bridgehead atoms. The zero-order valence-electron chi connectivity index (χ0n) is 18.9. The van der Waals surface area contributed by atoms with Crippen LogP contribution in [0.25, 0.3) is 11.7 Å². The van der Waals surface area contributed by atoms with Crippen molar-refractivity contribution in [1.82, 2.24) is 25.1 Å². The Labute approximate surface area is 193 Å². The van der Waals surface area contributed by atoms with Crippen LogP contribution in [0.4, 0.5) is 5.82 Å². The Morgan fingerprint density at radius 2 is 2.06 bits per heavy atom. The Morgan fingerprint density at radius 1 is 1.15 bits per heavy atom. The summed E-state index contributed by atoms with van der Waals surface area (Å²) < 4.78 is 5.68. The topological polar surface area (TPSA) is 95.0 Å². The molecular formula is C25H27N7O. The first kappa shape index (κ1) is 20.3. The maximum Gasteiger partial charge on any atom is 0.285 e. The van der Waals surface area contributed by atoms with Gasteiger partial charge in [-0.2, -0.15) is 5.26 Å². The van der Waals surface area contributed by atoms with Crippen molar-refractivity contribution in [3.8, 4) is 17.8 Å². The van der Waals surface area contributed by atoms with Crippen LogP contribution < -0.4 is 4.90 Å². The van der Waals surface area contributed by atoms with Crippen molar-refractivity contribution in [3.05, 3.63) is 52.5 Å². The van der Waals surface area contributed by atoms with Gasteiger partial charge >= 0.3 is 0 Å². The van der Waals surface area contributed by atoms with Gasteiger partial charge in [0, 0.05) is 51.1 Å². The van der Waals surface area contributed by atoms with E-state index in [4.69, 9.17) is 14.4 Å². The highest BCUT2D eigenvalue weighted by Gasteiger charge is 2.36. The van der Waals surface area contributed by atoms with Crippen molar-refractivity contribution >= 4 is 5.82 Å². The summed E-state index contributed by atoms with van der Waals surface area (Å²) in [7, 11) is 0. The third-order valence-corrected chi connectivity index (χ3v) is 7.24. The van der Waals surface area contributed by atoms with Gasteiger partial charge in [0.1, 0.15) is 5.82 Å². The van der Waals surface area contributed by atoms with Gasteiger partial charge in [0.15, 0.2) is 0 Å². The summed E-state index contributed by atoms with van der Waals surface area (Å²) in [6.45, 7) is 5.21. The maximum absolute atomic E-state index is 9.23. The number of aryl methyl sites for hydroxylation is 2. The number of nitrogens with zero attached hydrogens (tertiary/aromatic N) is 7. The summed E-state index contributed by atoms with van der Waals surface area (Å²) in [4.78, 5) is 14.7. The lowest BCUT2D eigenvalue weighted by atomic mass is 9.95. The molecule has 0 saturated carbocycles. The van der Waals surface area contributed by atoms with Crippen LogP contribution in [0.5, 0.6) is 0 Å². The molecule has 8 nitrogen and oxygen atoms in total.